The maximum Gasteiger partial charge on any atom is 0.331 e. The highest BCUT2D eigenvalue weighted by atomic mass is 16.6. The first-order valence-corrected chi connectivity index (χ1v) is 4.46. The zero-order chi connectivity index (χ0) is 10.5. The minimum atomic E-state index is -0.313. The van der Waals surface area contributed by atoms with Gasteiger partial charge in [-0.25, -0.2) is 4.79 Å². The minimum absolute atomic E-state index is 0.0460. The molecule has 0 rings (SSSR count). The second-order valence-corrected chi connectivity index (χ2v) is 3.97. The molecule has 0 amide bonds. The minimum Gasteiger partial charge on any atom is -0.444 e. The highest BCUT2D eigenvalue weighted by Gasteiger charge is 2.15. The number of rotatable bonds is 3. The first-order chi connectivity index (χ1) is 5.85. The topological polar surface area (TPSA) is 38.3 Å². The molecule has 0 heterocycles. The molecule has 0 spiro atoms. The van der Waals surface area contributed by atoms with E-state index in [9.17, 15) is 4.79 Å². The number of ether oxygens (including phenoxy) is 1. The van der Waals surface area contributed by atoms with Crippen LogP contribution in [-0.4, -0.2) is 17.7 Å². The van der Waals surface area contributed by atoms with Crippen LogP contribution in [-0.2, 0) is 9.53 Å². The van der Waals surface area contributed by atoms with Crippen molar-refractivity contribution >= 4 is 5.97 Å². The Morgan fingerprint density at radius 3 is 2.38 bits per heavy atom. The zero-order valence-corrected chi connectivity index (χ0v) is 9.05. The number of allylic oxidation sites excluding steroid dienone is 1. The van der Waals surface area contributed by atoms with Crippen LogP contribution in [0.3, 0.4) is 0 Å². The van der Waals surface area contributed by atoms with Crippen LogP contribution in [0.15, 0.2) is 12.2 Å². The monoisotopic (exact) mass is 185 g/mol. The first kappa shape index (κ1) is 12.2. The van der Waals surface area contributed by atoms with Gasteiger partial charge in [-0.3, -0.25) is 5.32 Å². The molecule has 0 saturated carbocycles. The normalized spacial score (nSPS) is 14.5. The molecule has 13 heavy (non-hydrogen) atoms. The Morgan fingerprint density at radius 1 is 1.46 bits per heavy atom. The van der Waals surface area contributed by atoms with Gasteiger partial charge in [0.25, 0.3) is 0 Å². The van der Waals surface area contributed by atoms with Crippen LogP contribution >= 0.6 is 0 Å². The highest BCUT2D eigenvalue weighted by molar-refractivity contribution is 5.81. The number of esters is 1. The van der Waals surface area contributed by atoms with Crippen LogP contribution in [0.1, 0.15) is 34.6 Å². The van der Waals surface area contributed by atoms with Gasteiger partial charge in [0.15, 0.2) is 6.23 Å². The van der Waals surface area contributed by atoms with Crippen LogP contribution in [0, 0.1) is 0 Å². The van der Waals surface area contributed by atoms with Gasteiger partial charge in [0.05, 0.1) is 0 Å². The molecule has 0 saturated heterocycles. The van der Waals surface area contributed by atoms with Gasteiger partial charge in [-0.15, -0.1) is 0 Å². The second-order valence-electron chi connectivity index (χ2n) is 3.97. The van der Waals surface area contributed by atoms with Crippen LogP contribution in [0.5, 0.6) is 0 Å². The third-order valence-electron chi connectivity index (χ3n) is 1.23. The molecular formula is C10H19NO2. The van der Waals surface area contributed by atoms with E-state index in [0.717, 1.165) is 0 Å². The molecule has 0 aromatic rings. The predicted molar refractivity (Wildman–Crippen MR) is 53.3 cm³/mol. The van der Waals surface area contributed by atoms with Crippen LogP contribution in [0.2, 0.25) is 0 Å². The molecule has 3 nitrogen and oxygen atoms in total. The smallest absolute Gasteiger partial charge is 0.331 e. The molecule has 76 valence electrons. The fourth-order valence-corrected chi connectivity index (χ4v) is 0.989. The van der Waals surface area contributed by atoms with E-state index in [2.05, 4.69) is 5.32 Å². The average molecular weight is 185 g/mol. The van der Waals surface area contributed by atoms with Crippen LogP contribution < -0.4 is 5.32 Å². The summed E-state index contributed by atoms with van der Waals surface area (Å²) in [5.74, 6) is -0.313. The van der Waals surface area contributed by atoms with Gasteiger partial charge in [0, 0.05) is 11.6 Å². The van der Waals surface area contributed by atoms with Crippen molar-refractivity contribution in [1.29, 1.82) is 0 Å². The van der Waals surface area contributed by atoms with E-state index in [1.807, 2.05) is 27.7 Å². The van der Waals surface area contributed by atoms with Crippen molar-refractivity contribution in [3.8, 4) is 0 Å². The lowest BCUT2D eigenvalue weighted by Crippen LogP contribution is -2.44. The zero-order valence-electron chi connectivity index (χ0n) is 9.05. The molecule has 0 fully saturated rings. The molecule has 0 bridgehead atoms. The fraction of sp³-hybridized carbons (Fsp3) is 0.700. The summed E-state index contributed by atoms with van der Waals surface area (Å²) in [6, 6.07) is 0. The molecule has 1 unspecified atom stereocenters. The van der Waals surface area contributed by atoms with Crippen LogP contribution in [0.4, 0.5) is 0 Å². The summed E-state index contributed by atoms with van der Waals surface area (Å²) in [7, 11) is 0. The van der Waals surface area contributed by atoms with Gasteiger partial charge in [0.2, 0.25) is 0 Å². The molecule has 0 aliphatic carbocycles. The first-order valence-electron chi connectivity index (χ1n) is 4.46. The average Bonchev–Trinajstić information content (AvgIpc) is 1.81. The van der Waals surface area contributed by atoms with Crippen molar-refractivity contribution in [3.05, 3.63) is 12.2 Å². The van der Waals surface area contributed by atoms with E-state index in [4.69, 9.17) is 4.74 Å². The van der Waals surface area contributed by atoms with Gasteiger partial charge in [-0.1, -0.05) is 6.08 Å². The summed E-state index contributed by atoms with van der Waals surface area (Å²) in [4.78, 5) is 11.0. The Balaban J connectivity index is 3.88. The van der Waals surface area contributed by atoms with Crippen molar-refractivity contribution in [3.63, 3.8) is 0 Å². The Hall–Kier alpha value is -0.830. The van der Waals surface area contributed by atoms with Crippen molar-refractivity contribution in [2.45, 2.75) is 46.4 Å². The van der Waals surface area contributed by atoms with E-state index in [0.29, 0.717) is 0 Å². The lowest BCUT2D eigenvalue weighted by molar-refractivity contribution is -0.144. The molecule has 0 radical (unpaired) electrons. The van der Waals surface area contributed by atoms with E-state index in [1.165, 1.54) is 6.08 Å². The molecule has 0 aromatic carbocycles. The Morgan fingerprint density at radius 2 is 2.00 bits per heavy atom. The lowest BCUT2D eigenvalue weighted by atomic mass is 10.1. The second kappa shape index (κ2) is 5.02. The quantitative estimate of drug-likeness (QED) is 0.414. The number of carbonyl (C=O) groups is 1. The van der Waals surface area contributed by atoms with Gasteiger partial charge in [-0.2, -0.15) is 0 Å². The Bertz CT molecular complexity index is 192. The molecule has 1 atom stereocenters. The summed E-state index contributed by atoms with van der Waals surface area (Å²) in [5, 5.41) is 3.13. The van der Waals surface area contributed by atoms with Gasteiger partial charge >= 0.3 is 5.97 Å². The Labute approximate surface area is 80.2 Å². The van der Waals surface area contributed by atoms with Crippen molar-refractivity contribution in [2.24, 2.45) is 0 Å². The van der Waals surface area contributed by atoms with Crippen molar-refractivity contribution in [1.82, 2.24) is 5.32 Å². The summed E-state index contributed by atoms with van der Waals surface area (Å²) in [6.07, 6.45) is 2.80. The molecule has 0 aliphatic rings. The van der Waals surface area contributed by atoms with E-state index in [1.54, 1.807) is 13.0 Å². The summed E-state index contributed by atoms with van der Waals surface area (Å²) < 4.78 is 5.03. The predicted octanol–water partition coefficient (Wildman–Crippen LogP) is 1.84. The lowest BCUT2D eigenvalue weighted by Gasteiger charge is -2.25. The number of nitrogens with one attached hydrogen (secondary N) is 1. The Kier molecular flexibility index (Phi) is 4.70. The number of carbonyl (C=O) groups excluding carboxylic acids is 1. The van der Waals surface area contributed by atoms with E-state index < -0.39 is 0 Å². The SMILES string of the molecule is C/C=C/C(=O)OC(C)NC(C)(C)C. The van der Waals surface area contributed by atoms with E-state index >= 15 is 0 Å². The molecular weight excluding hydrogens is 166 g/mol. The van der Waals surface area contributed by atoms with Gasteiger partial charge in [0.1, 0.15) is 0 Å². The van der Waals surface area contributed by atoms with Crippen molar-refractivity contribution < 1.29 is 9.53 Å². The molecule has 3 heteroatoms. The number of hydrogen-bond acceptors (Lipinski definition) is 3. The fourth-order valence-electron chi connectivity index (χ4n) is 0.989. The van der Waals surface area contributed by atoms with E-state index in [-0.39, 0.29) is 17.7 Å². The summed E-state index contributed by atoms with van der Waals surface area (Å²) in [6.45, 7) is 9.66. The molecule has 1 N–H and O–H groups in total. The number of hydrogen-bond donors (Lipinski definition) is 1. The molecule has 0 aliphatic heterocycles. The van der Waals surface area contributed by atoms with Crippen molar-refractivity contribution in [2.75, 3.05) is 0 Å². The van der Waals surface area contributed by atoms with Crippen LogP contribution in [0.25, 0.3) is 0 Å². The standard InChI is InChI=1S/C10H19NO2/c1-6-7-9(12)13-8(2)11-10(3,4)5/h6-8,11H,1-5H3/b7-6+. The maximum absolute atomic E-state index is 11.0. The van der Waals surface area contributed by atoms with Gasteiger partial charge in [-0.05, 0) is 34.6 Å². The third-order valence-corrected chi connectivity index (χ3v) is 1.23. The summed E-state index contributed by atoms with van der Waals surface area (Å²) >= 11 is 0. The summed E-state index contributed by atoms with van der Waals surface area (Å²) in [5.41, 5.74) is -0.0460. The third kappa shape index (κ3) is 7.53. The van der Waals surface area contributed by atoms with Gasteiger partial charge < -0.3 is 4.74 Å². The largest absolute Gasteiger partial charge is 0.444 e. The maximum atomic E-state index is 11.0. The highest BCUT2D eigenvalue weighted by Crippen LogP contribution is 2.02. The molecule has 0 aromatic heterocycles.